The van der Waals surface area contributed by atoms with Gasteiger partial charge in [-0.15, -0.1) is 0 Å². The van der Waals surface area contributed by atoms with Crippen LogP contribution in [0.3, 0.4) is 0 Å². The normalized spacial score (nSPS) is 30.4. The van der Waals surface area contributed by atoms with Gasteiger partial charge in [-0.1, -0.05) is 25.7 Å². The molecule has 0 bridgehead atoms. The minimum absolute atomic E-state index is 0.353. The molecule has 1 atom stereocenters. The van der Waals surface area contributed by atoms with Crippen molar-refractivity contribution in [3.63, 3.8) is 0 Å². The molecular formula is C14H28N2O. The third kappa shape index (κ3) is 3.43. The van der Waals surface area contributed by atoms with Gasteiger partial charge in [0.05, 0.1) is 0 Å². The zero-order valence-electron chi connectivity index (χ0n) is 11.0. The predicted octanol–water partition coefficient (Wildman–Crippen LogP) is 1.60. The second kappa shape index (κ2) is 6.17. The molecule has 1 unspecified atom stereocenters. The smallest absolute Gasteiger partial charge is 0.0471 e. The summed E-state index contributed by atoms with van der Waals surface area (Å²) in [5.41, 5.74) is 6.45. The van der Waals surface area contributed by atoms with E-state index in [0.29, 0.717) is 17.9 Å². The molecule has 2 aliphatic rings. The van der Waals surface area contributed by atoms with Gasteiger partial charge in [-0.05, 0) is 43.7 Å². The number of likely N-dealkylation sites (tertiary alicyclic amines) is 1. The summed E-state index contributed by atoms with van der Waals surface area (Å²) >= 11 is 0. The van der Waals surface area contributed by atoms with Crippen molar-refractivity contribution in [2.45, 2.75) is 44.9 Å². The lowest BCUT2D eigenvalue weighted by atomic mass is 9.80. The van der Waals surface area contributed by atoms with Crippen LogP contribution in [0.1, 0.15) is 44.9 Å². The Morgan fingerprint density at radius 3 is 2.41 bits per heavy atom. The van der Waals surface area contributed by atoms with Crippen LogP contribution in [0.15, 0.2) is 0 Å². The van der Waals surface area contributed by atoms with Gasteiger partial charge in [0, 0.05) is 19.7 Å². The Balaban J connectivity index is 1.89. The van der Waals surface area contributed by atoms with Crippen LogP contribution in [-0.2, 0) is 0 Å². The molecule has 0 amide bonds. The molecule has 1 heterocycles. The Hall–Kier alpha value is -0.120. The molecular weight excluding hydrogens is 212 g/mol. The van der Waals surface area contributed by atoms with E-state index >= 15 is 0 Å². The lowest BCUT2D eigenvalue weighted by Crippen LogP contribution is -2.41. The monoisotopic (exact) mass is 240 g/mol. The number of hydrogen-bond acceptors (Lipinski definition) is 3. The van der Waals surface area contributed by atoms with Crippen LogP contribution >= 0.6 is 0 Å². The zero-order valence-corrected chi connectivity index (χ0v) is 11.0. The molecule has 3 nitrogen and oxygen atoms in total. The fourth-order valence-corrected chi connectivity index (χ4v) is 3.59. The second-order valence-corrected chi connectivity index (χ2v) is 6.19. The summed E-state index contributed by atoms with van der Waals surface area (Å²) in [6, 6.07) is 0. The van der Waals surface area contributed by atoms with Crippen LogP contribution < -0.4 is 5.73 Å². The number of hydrogen-bond donors (Lipinski definition) is 2. The maximum absolute atomic E-state index is 9.20. The van der Waals surface area contributed by atoms with E-state index in [1.165, 1.54) is 45.1 Å². The van der Waals surface area contributed by atoms with Gasteiger partial charge in [-0.2, -0.15) is 0 Å². The number of nitrogens with two attached hydrogens (primary N) is 1. The summed E-state index contributed by atoms with van der Waals surface area (Å²) in [6.45, 7) is 4.60. The van der Waals surface area contributed by atoms with Gasteiger partial charge in [0.25, 0.3) is 0 Å². The summed E-state index contributed by atoms with van der Waals surface area (Å²) in [6.07, 6.45) is 9.27. The molecule has 0 aromatic heterocycles. The van der Waals surface area contributed by atoms with Gasteiger partial charge in [0.2, 0.25) is 0 Å². The van der Waals surface area contributed by atoms with E-state index in [9.17, 15) is 5.11 Å². The van der Waals surface area contributed by atoms with E-state index < -0.39 is 0 Å². The molecule has 3 heteroatoms. The van der Waals surface area contributed by atoms with Crippen LogP contribution in [-0.4, -0.2) is 42.8 Å². The predicted molar refractivity (Wildman–Crippen MR) is 70.8 cm³/mol. The van der Waals surface area contributed by atoms with Gasteiger partial charge < -0.3 is 15.7 Å². The van der Waals surface area contributed by atoms with Crippen molar-refractivity contribution in [1.29, 1.82) is 0 Å². The minimum atomic E-state index is 0.353. The molecule has 3 N–H and O–H groups in total. The zero-order chi connectivity index (χ0) is 12.1. The summed E-state index contributed by atoms with van der Waals surface area (Å²) < 4.78 is 0. The lowest BCUT2D eigenvalue weighted by Gasteiger charge is -2.35. The van der Waals surface area contributed by atoms with Crippen LogP contribution in [0.2, 0.25) is 0 Å². The molecule has 1 aliphatic heterocycles. The molecule has 0 radical (unpaired) electrons. The average molecular weight is 240 g/mol. The standard InChI is InChI=1S/C14H28N2O/c15-11-14(6-3-1-2-4-7-14)12-16-8-5-13(9-16)10-17/h13,17H,1-12,15H2. The molecule has 17 heavy (non-hydrogen) atoms. The summed E-state index contributed by atoms with van der Waals surface area (Å²) in [7, 11) is 0. The first kappa shape index (κ1) is 13.3. The van der Waals surface area contributed by atoms with E-state index in [2.05, 4.69) is 4.90 Å². The van der Waals surface area contributed by atoms with Gasteiger partial charge in [-0.3, -0.25) is 0 Å². The Labute approximate surface area is 105 Å². The van der Waals surface area contributed by atoms with Crippen molar-refractivity contribution in [1.82, 2.24) is 4.90 Å². The van der Waals surface area contributed by atoms with Crippen LogP contribution in [0, 0.1) is 11.3 Å². The topological polar surface area (TPSA) is 49.5 Å². The molecule has 2 rings (SSSR count). The highest BCUT2D eigenvalue weighted by atomic mass is 16.3. The first-order chi connectivity index (χ1) is 8.28. The fraction of sp³-hybridized carbons (Fsp3) is 1.00. The first-order valence-electron chi connectivity index (χ1n) is 7.31. The van der Waals surface area contributed by atoms with E-state index in [4.69, 9.17) is 5.73 Å². The highest BCUT2D eigenvalue weighted by Crippen LogP contribution is 2.36. The van der Waals surface area contributed by atoms with Crippen molar-refractivity contribution in [2.75, 3.05) is 32.8 Å². The van der Waals surface area contributed by atoms with Crippen molar-refractivity contribution in [2.24, 2.45) is 17.1 Å². The molecule has 100 valence electrons. The first-order valence-corrected chi connectivity index (χ1v) is 7.31. The van der Waals surface area contributed by atoms with Crippen molar-refractivity contribution < 1.29 is 5.11 Å². The number of nitrogens with zero attached hydrogens (tertiary/aromatic N) is 1. The van der Waals surface area contributed by atoms with Crippen LogP contribution in [0.4, 0.5) is 0 Å². The second-order valence-electron chi connectivity index (χ2n) is 6.19. The van der Waals surface area contributed by atoms with E-state index in [1.54, 1.807) is 0 Å². The summed E-state index contributed by atoms with van der Waals surface area (Å²) in [5, 5.41) is 9.20. The highest BCUT2D eigenvalue weighted by Gasteiger charge is 2.33. The third-order valence-electron chi connectivity index (χ3n) is 4.78. The Morgan fingerprint density at radius 2 is 1.88 bits per heavy atom. The number of aliphatic hydroxyl groups excluding tert-OH is 1. The maximum Gasteiger partial charge on any atom is 0.0471 e. The Morgan fingerprint density at radius 1 is 1.18 bits per heavy atom. The summed E-state index contributed by atoms with van der Waals surface area (Å²) in [4.78, 5) is 2.54. The van der Waals surface area contributed by atoms with Gasteiger partial charge in [0.1, 0.15) is 0 Å². The maximum atomic E-state index is 9.20. The Kier molecular flexibility index (Phi) is 4.83. The van der Waals surface area contributed by atoms with Crippen molar-refractivity contribution >= 4 is 0 Å². The molecule has 0 spiro atoms. The molecule has 1 aliphatic carbocycles. The highest BCUT2D eigenvalue weighted by molar-refractivity contribution is 4.88. The quantitative estimate of drug-likeness (QED) is 0.734. The number of aliphatic hydroxyl groups is 1. The van der Waals surface area contributed by atoms with Gasteiger partial charge in [0.15, 0.2) is 0 Å². The van der Waals surface area contributed by atoms with Gasteiger partial charge >= 0.3 is 0 Å². The molecule has 2 fully saturated rings. The Bertz CT molecular complexity index is 224. The van der Waals surface area contributed by atoms with E-state index in [0.717, 1.165) is 26.1 Å². The SMILES string of the molecule is NCC1(CN2CCC(CO)C2)CCCCCC1. The number of rotatable bonds is 4. The molecule has 1 saturated carbocycles. The lowest BCUT2D eigenvalue weighted by molar-refractivity contribution is 0.146. The third-order valence-corrected chi connectivity index (χ3v) is 4.78. The van der Waals surface area contributed by atoms with Crippen molar-refractivity contribution in [3.05, 3.63) is 0 Å². The van der Waals surface area contributed by atoms with Crippen LogP contribution in [0.25, 0.3) is 0 Å². The van der Waals surface area contributed by atoms with Crippen LogP contribution in [0.5, 0.6) is 0 Å². The van der Waals surface area contributed by atoms with E-state index in [-0.39, 0.29) is 0 Å². The van der Waals surface area contributed by atoms with Crippen molar-refractivity contribution in [3.8, 4) is 0 Å². The molecule has 0 aromatic carbocycles. The summed E-state index contributed by atoms with van der Waals surface area (Å²) in [5.74, 6) is 0.510. The minimum Gasteiger partial charge on any atom is -0.396 e. The van der Waals surface area contributed by atoms with E-state index in [1.807, 2.05) is 0 Å². The molecule has 0 aromatic rings. The largest absolute Gasteiger partial charge is 0.396 e. The molecule has 1 saturated heterocycles. The fourth-order valence-electron chi connectivity index (χ4n) is 3.59. The average Bonchev–Trinajstić information content (AvgIpc) is 2.67. The van der Waals surface area contributed by atoms with Gasteiger partial charge in [-0.25, -0.2) is 0 Å².